The van der Waals surface area contributed by atoms with Crippen LogP contribution in [0.1, 0.15) is 12.5 Å². The average Bonchev–Trinajstić information content (AvgIpc) is 2.97. The quantitative estimate of drug-likeness (QED) is 0.854. The van der Waals surface area contributed by atoms with Gasteiger partial charge in [-0.3, -0.25) is 4.79 Å². The molecule has 1 aliphatic heterocycles. The van der Waals surface area contributed by atoms with Gasteiger partial charge < -0.3 is 9.64 Å². The summed E-state index contributed by atoms with van der Waals surface area (Å²) in [6, 6.07) is 13.9. The van der Waals surface area contributed by atoms with Crippen molar-refractivity contribution in [2.75, 3.05) is 17.7 Å². The van der Waals surface area contributed by atoms with Crippen LogP contribution in [0.3, 0.4) is 0 Å². The monoisotopic (exact) mass is 345 g/mol. The highest BCUT2D eigenvalue weighted by Crippen LogP contribution is 2.28. The minimum Gasteiger partial charge on any atom is -0.481 e. The van der Waals surface area contributed by atoms with E-state index in [1.54, 1.807) is 24.0 Å². The molecule has 5 nitrogen and oxygen atoms in total. The van der Waals surface area contributed by atoms with E-state index in [-0.39, 0.29) is 10.8 Å². The molecule has 3 rings (SSSR count). The summed E-state index contributed by atoms with van der Waals surface area (Å²) < 4.78 is 28.6. The summed E-state index contributed by atoms with van der Waals surface area (Å²) in [7, 11) is -3.24. The van der Waals surface area contributed by atoms with Crippen LogP contribution in [0.5, 0.6) is 5.75 Å². The summed E-state index contributed by atoms with van der Waals surface area (Å²) >= 11 is 0. The van der Waals surface area contributed by atoms with Gasteiger partial charge in [-0.2, -0.15) is 0 Å². The Labute approximate surface area is 141 Å². The fraction of sp³-hybridized carbons (Fsp3) is 0.278. The molecule has 1 amide bonds. The molecule has 0 unspecified atom stereocenters. The van der Waals surface area contributed by atoms with Crippen molar-refractivity contribution in [1.82, 2.24) is 0 Å². The second-order valence-corrected chi connectivity index (χ2v) is 7.89. The van der Waals surface area contributed by atoms with Gasteiger partial charge >= 0.3 is 0 Å². The highest BCUT2D eigenvalue weighted by Gasteiger charge is 2.28. The largest absolute Gasteiger partial charge is 0.481 e. The molecular formula is C18H19NO4S. The topological polar surface area (TPSA) is 63.7 Å². The van der Waals surface area contributed by atoms with Gasteiger partial charge in [0.05, 0.1) is 4.90 Å². The third-order valence-corrected chi connectivity index (χ3v) is 5.19. The van der Waals surface area contributed by atoms with Crippen LogP contribution in [-0.2, 0) is 21.1 Å². The summed E-state index contributed by atoms with van der Waals surface area (Å²) in [4.78, 5) is 14.6. The summed E-state index contributed by atoms with van der Waals surface area (Å²) in [6.07, 6.45) is 1.34. The second-order valence-electron chi connectivity index (χ2n) is 5.87. The molecule has 1 atom stereocenters. The van der Waals surface area contributed by atoms with Crippen LogP contribution in [0.25, 0.3) is 0 Å². The third-order valence-electron chi connectivity index (χ3n) is 4.07. The van der Waals surface area contributed by atoms with Crippen molar-refractivity contribution in [3.8, 4) is 5.75 Å². The van der Waals surface area contributed by atoms with Crippen LogP contribution in [-0.4, -0.2) is 33.2 Å². The summed E-state index contributed by atoms with van der Waals surface area (Å²) in [5, 5.41) is 0. The number of fused-ring (bicyclic) bond motifs is 1. The van der Waals surface area contributed by atoms with Crippen molar-refractivity contribution in [3.05, 3.63) is 54.1 Å². The van der Waals surface area contributed by atoms with Crippen LogP contribution in [0.2, 0.25) is 0 Å². The van der Waals surface area contributed by atoms with Gasteiger partial charge in [0.15, 0.2) is 15.9 Å². The first-order chi connectivity index (χ1) is 11.4. The van der Waals surface area contributed by atoms with Crippen LogP contribution < -0.4 is 9.64 Å². The van der Waals surface area contributed by atoms with E-state index in [0.29, 0.717) is 12.3 Å². The molecule has 0 saturated heterocycles. The number of benzene rings is 2. The minimum atomic E-state index is -3.24. The van der Waals surface area contributed by atoms with E-state index in [1.807, 2.05) is 24.3 Å². The summed E-state index contributed by atoms with van der Waals surface area (Å²) in [6.45, 7) is 2.35. The zero-order valence-corrected chi connectivity index (χ0v) is 14.4. The molecule has 0 bridgehead atoms. The molecule has 0 fully saturated rings. The van der Waals surface area contributed by atoms with Gasteiger partial charge in [0.1, 0.15) is 5.75 Å². The van der Waals surface area contributed by atoms with E-state index in [1.165, 1.54) is 12.1 Å². The molecule has 0 spiro atoms. The Bertz CT molecular complexity index is 859. The van der Waals surface area contributed by atoms with Crippen LogP contribution in [0, 0.1) is 0 Å². The average molecular weight is 345 g/mol. The number of amides is 1. The predicted molar refractivity (Wildman–Crippen MR) is 92.1 cm³/mol. The molecule has 126 valence electrons. The van der Waals surface area contributed by atoms with Crippen LogP contribution in [0.15, 0.2) is 53.4 Å². The highest BCUT2D eigenvalue weighted by atomic mass is 32.2. The number of rotatable bonds is 4. The number of hydrogen-bond donors (Lipinski definition) is 0. The summed E-state index contributed by atoms with van der Waals surface area (Å²) in [5.41, 5.74) is 2.10. The molecule has 0 radical (unpaired) electrons. The van der Waals surface area contributed by atoms with Crippen molar-refractivity contribution in [2.45, 2.75) is 24.3 Å². The Hall–Kier alpha value is -2.34. The zero-order valence-electron chi connectivity index (χ0n) is 13.6. The predicted octanol–water partition coefficient (Wildman–Crippen LogP) is 2.45. The number of carbonyl (C=O) groups is 1. The van der Waals surface area contributed by atoms with Gasteiger partial charge in [0.25, 0.3) is 5.91 Å². The Kier molecular flexibility index (Phi) is 4.32. The summed E-state index contributed by atoms with van der Waals surface area (Å²) in [5.74, 6) is 0.364. The van der Waals surface area contributed by atoms with E-state index in [2.05, 4.69) is 0 Å². The van der Waals surface area contributed by atoms with Gasteiger partial charge in [0.2, 0.25) is 0 Å². The van der Waals surface area contributed by atoms with Crippen molar-refractivity contribution < 1.29 is 17.9 Å². The molecule has 24 heavy (non-hydrogen) atoms. The molecule has 1 heterocycles. The molecular weight excluding hydrogens is 326 g/mol. The molecule has 0 aliphatic carbocycles. The molecule has 1 aliphatic rings. The second kappa shape index (κ2) is 6.28. The number of anilines is 1. The van der Waals surface area contributed by atoms with Gasteiger partial charge in [-0.25, -0.2) is 8.42 Å². The minimum absolute atomic E-state index is 0.105. The maximum atomic E-state index is 12.6. The van der Waals surface area contributed by atoms with Gasteiger partial charge in [-0.1, -0.05) is 18.2 Å². The maximum Gasteiger partial charge on any atom is 0.267 e. The fourth-order valence-electron chi connectivity index (χ4n) is 2.81. The number of sulfone groups is 1. The van der Waals surface area contributed by atoms with Gasteiger partial charge in [-0.15, -0.1) is 0 Å². The van der Waals surface area contributed by atoms with Gasteiger partial charge in [0, 0.05) is 18.5 Å². The first-order valence-corrected chi connectivity index (χ1v) is 9.61. The van der Waals surface area contributed by atoms with Crippen LogP contribution in [0.4, 0.5) is 5.69 Å². The first-order valence-electron chi connectivity index (χ1n) is 7.72. The zero-order chi connectivity index (χ0) is 17.3. The van der Waals surface area contributed by atoms with Crippen molar-refractivity contribution >= 4 is 21.4 Å². The molecule has 0 N–H and O–H groups in total. The third kappa shape index (κ3) is 3.28. The number of ether oxygens (including phenoxy) is 1. The van der Waals surface area contributed by atoms with Crippen molar-refractivity contribution in [3.63, 3.8) is 0 Å². The standard InChI is InChI=1S/C18H19NO4S/c1-13(23-15-7-9-16(10-8-15)24(2,21)22)18(20)19-12-11-14-5-3-4-6-17(14)19/h3-10,13H,11-12H2,1-2H3/t13-/m0/s1. The number of carbonyl (C=O) groups excluding carboxylic acids is 1. The normalized spacial score (nSPS) is 15.0. The van der Waals surface area contributed by atoms with E-state index < -0.39 is 15.9 Å². The molecule has 0 aromatic heterocycles. The lowest BCUT2D eigenvalue weighted by molar-refractivity contribution is -0.124. The molecule has 2 aromatic rings. The lowest BCUT2D eigenvalue weighted by Crippen LogP contribution is -2.39. The highest BCUT2D eigenvalue weighted by molar-refractivity contribution is 7.90. The number of nitrogens with zero attached hydrogens (tertiary/aromatic N) is 1. The molecule has 6 heteroatoms. The van der Waals surface area contributed by atoms with E-state index in [0.717, 1.165) is 23.9 Å². The lowest BCUT2D eigenvalue weighted by atomic mass is 10.2. The lowest BCUT2D eigenvalue weighted by Gasteiger charge is -2.22. The Balaban J connectivity index is 1.71. The Morgan fingerprint density at radius 3 is 2.46 bits per heavy atom. The maximum absolute atomic E-state index is 12.6. The molecule has 0 saturated carbocycles. The van der Waals surface area contributed by atoms with Gasteiger partial charge in [-0.05, 0) is 49.2 Å². The van der Waals surface area contributed by atoms with Crippen LogP contribution >= 0.6 is 0 Å². The smallest absolute Gasteiger partial charge is 0.267 e. The van der Waals surface area contributed by atoms with E-state index >= 15 is 0 Å². The fourth-order valence-corrected chi connectivity index (χ4v) is 3.44. The Morgan fingerprint density at radius 2 is 1.79 bits per heavy atom. The Morgan fingerprint density at radius 1 is 1.12 bits per heavy atom. The first kappa shape index (κ1) is 16.5. The van der Waals surface area contributed by atoms with Crippen molar-refractivity contribution in [2.24, 2.45) is 0 Å². The van der Waals surface area contributed by atoms with E-state index in [4.69, 9.17) is 4.74 Å². The SMILES string of the molecule is C[C@H](Oc1ccc(S(C)(=O)=O)cc1)C(=O)N1CCc2ccccc21. The van der Waals surface area contributed by atoms with Crippen molar-refractivity contribution in [1.29, 1.82) is 0 Å². The van der Waals surface area contributed by atoms with E-state index in [9.17, 15) is 13.2 Å². The molecule has 2 aromatic carbocycles. The number of para-hydroxylation sites is 1. The number of hydrogen-bond acceptors (Lipinski definition) is 4.